The van der Waals surface area contributed by atoms with E-state index in [1.807, 2.05) is 19.1 Å². The third-order valence-corrected chi connectivity index (χ3v) is 7.27. The van der Waals surface area contributed by atoms with Gasteiger partial charge in [0.1, 0.15) is 5.75 Å². The van der Waals surface area contributed by atoms with Gasteiger partial charge in [-0.1, -0.05) is 42.3 Å². The Morgan fingerprint density at radius 1 is 1.08 bits per heavy atom. The first-order valence-electron chi connectivity index (χ1n) is 11.2. The number of hydrogen-bond donors (Lipinski definition) is 3. The van der Waals surface area contributed by atoms with E-state index in [4.69, 9.17) is 17.0 Å². The van der Waals surface area contributed by atoms with Crippen LogP contribution in [0.15, 0.2) is 42.5 Å². The van der Waals surface area contributed by atoms with Gasteiger partial charge in [0.05, 0.1) is 25.6 Å². The number of thiocarbonyl (C=S) groups is 1. The van der Waals surface area contributed by atoms with E-state index in [0.717, 1.165) is 11.1 Å². The molecule has 9 nitrogen and oxygen atoms in total. The second kappa shape index (κ2) is 8.46. The lowest BCUT2D eigenvalue weighted by Gasteiger charge is -2.26. The van der Waals surface area contributed by atoms with Crippen molar-refractivity contribution in [3.05, 3.63) is 64.7 Å². The molecule has 0 bridgehead atoms. The van der Waals surface area contributed by atoms with Crippen molar-refractivity contribution in [2.24, 2.45) is 0 Å². The lowest BCUT2D eigenvalue weighted by Crippen LogP contribution is -2.54. The number of urea groups is 1. The lowest BCUT2D eigenvalue weighted by atomic mass is 9.89. The van der Waals surface area contributed by atoms with Crippen LogP contribution in [0.1, 0.15) is 40.4 Å². The number of methoxy groups -OCH3 is 1. The normalized spacial score (nSPS) is 24.6. The minimum Gasteiger partial charge on any atom is -0.497 e. The molecular weight excluding hydrogens is 480 g/mol. The summed E-state index contributed by atoms with van der Waals surface area (Å²) < 4.78 is 5.21. The molecule has 0 aliphatic carbocycles. The van der Waals surface area contributed by atoms with Crippen LogP contribution in [0.3, 0.4) is 0 Å². The first-order valence-corrected chi connectivity index (χ1v) is 11.6. The fourth-order valence-electron chi connectivity index (χ4n) is 4.63. The number of nitrogens with zero attached hydrogens (tertiary/aromatic N) is 1. The summed E-state index contributed by atoms with van der Waals surface area (Å²) >= 11 is 5.39. The zero-order valence-electron chi connectivity index (χ0n) is 19.6. The van der Waals surface area contributed by atoms with Crippen molar-refractivity contribution < 1.29 is 23.9 Å². The van der Waals surface area contributed by atoms with Crippen LogP contribution >= 0.6 is 12.2 Å². The number of carbonyl (C=O) groups is 4. The monoisotopic (exact) mass is 502 g/mol. The van der Waals surface area contributed by atoms with Crippen LogP contribution in [0.4, 0.5) is 4.79 Å². The molecule has 1 unspecified atom stereocenters. The number of fused-ring (bicyclic) bond motifs is 1. The van der Waals surface area contributed by atoms with Crippen LogP contribution < -0.4 is 20.7 Å². The molecule has 5 amide bonds. The summed E-state index contributed by atoms with van der Waals surface area (Å²) in [5.41, 5.74) is 0.364. The smallest absolute Gasteiger partial charge is 0.323 e. The third kappa shape index (κ3) is 3.87. The van der Waals surface area contributed by atoms with Crippen LogP contribution in [-0.2, 0) is 21.7 Å². The summed E-state index contributed by atoms with van der Waals surface area (Å²) in [6.07, 6.45) is 0.205. The molecule has 2 saturated heterocycles. The van der Waals surface area contributed by atoms with E-state index in [1.165, 1.54) is 12.0 Å². The number of nitrogens with one attached hydrogen (secondary N) is 3. The second-order valence-corrected chi connectivity index (χ2v) is 9.59. The van der Waals surface area contributed by atoms with Gasteiger partial charge < -0.3 is 20.3 Å². The van der Waals surface area contributed by atoms with Gasteiger partial charge in [0.25, 0.3) is 11.8 Å². The number of amides is 5. The highest BCUT2D eigenvalue weighted by molar-refractivity contribution is 7.80. The highest BCUT2D eigenvalue weighted by Gasteiger charge is 2.48. The van der Waals surface area contributed by atoms with Gasteiger partial charge in [-0.25, -0.2) is 4.79 Å². The zero-order valence-corrected chi connectivity index (χ0v) is 20.4. The van der Waals surface area contributed by atoms with Crippen molar-refractivity contribution in [1.29, 1.82) is 0 Å². The van der Waals surface area contributed by atoms with Gasteiger partial charge >= 0.3 is 6.03 Å². The summed E-state index contributed by atoms with van der Waals surface area (Å²) in [5, 5.41) is 7.74. The molecule has 2 aromatic rings. The Balaban J connectivity index is 1.41. The summed E-state index contributed by atoms with van der Waals surface area (Å²) in [7, 11) is 1.52. The van der Waals surface area contributed by atoms with Gasteiger partial charge in [-0.3, -0.25) is 19.7 Å². The molecule has 3 N–H and O–H groups in total. The third-order valence-electron chi connectivity index (χ3n) is 6.72. The summed E-state index contributed by atoms with van der Waals surface area (Å²) in [4.78, 5) is 51.8. The van der Waals surface area contributed by atoms with Gasteiger partial charge in [-0.2, -0.15) is 0 Å². The molecular formula is C26H22N4O5S. The maximum Gasteiger partial charge on any atom is 0.323 e. The molecule has 3 heterocycles. The SMILES string of the molecule is COc1ccc2c(c1)C(=O)N(C[C@@]1(C#Cc3ccc(C4(C)NC(=O)CC4=S)cc3)NC(=O)NC1=O)C2. The van der Waals surface area contributed by atoms with Crippen molar-refractivity contribution in [2.45, 2.75) is 31.0 Å². The fraction of sp³-hybridized carbons (Fsp3) is 0.269. The number of hydrogen-bond acceptors (Lipinski definition) is 6. The van der Waals surface area contributed by atoms with E-state index in [1.54, 1.807) is 30.3 Å². The number of imide groups is 1. The molecule has 2 fully saturated rings. The molecule has 36 heavy (non-hydrogen) atoms. The quantitative estimate of drug-likeness (QED) is 0.331. The molecule has 10 heteroatoms. The Morgan fingerprint density at radius 2 is 1.83 bits per heavy atom. The molecule has 182 valence electrons. The topological polar surface area (TPSA) is 117 Å². The summed E-state index contributed by atoms with van der Waals surface area (Å²) in [6, 6.07) is 11.7. The minimum atomic E-state index is -1.61. The molecule has 0 aromatic heterocycles. The summed E-state index contributed by atoms with van der Waals surface area (Å²) in [6.45, 7) is 2.02. The van der Waals surface area contributed by atoms with Gasteiger partial charge in [0.15, 0.2) is 0 Å². The number of ether oxygens (including phenoxy) is 1. The Hall–Kier alpha value is -4.23. The van der Waals surface area contributed by atoms with E-state index in [2.05, 4.69) is 27.8 Å². The molecule has 0 radical (unpaired) electrons. The van der Waals surface area contributed by atoms with E-state index in [0.29, 0.717) is 21.7 Å². The fourth-order valence-corrected chi connectivity index (χ4v) is 4.93. The maximum atomic E-state index is 13.0. The molecule has 0 saturated carbocycles. The van der Waals surface area contributed by atoms with Crippen molar-refractivity contribution >= 4 is 40.8 Å². The van der Waals surface area contributed by atoms with Crippen molar-refractivity contribution in [2.75, 3.05) is 13.7 Å². The molecule has 0 spiro atoms. The Kier molecular flexibility index (Phi) is 5.53. The van der Waals surface area contributed by atoms with Crippen LogP contribution in [0.25, 0.3) is 0 Å². The van der Waals surface area contributed by atoms with E-state index < -0.39 is 23.0 Å². The van der Waals surface area contributed by atoms with Gasteiger partial charge in [-0.15, -0.1) is 0 Å². The van der Waals surface area contributed by atoms with Crippen molar-refractivity contribution in [1.82, 2.24) is 20.9 Å². The Bertz CT molecular complexity index is 1410. The van der Waals surface area contributed by atoms with Crippen LogP contribution in [0.2, 0.25) is 0 Å². The summed E-state index contributed by atoms with van der Waals surface area (Å²) in [5.74, 6) is 5.39. The zero-order chi connectivity index (χ0) is 25.7. The van der Waals surface area contributed by atoms with Gasteiger partial charge in [0.2, 0.25) is 11.4 Å². The molecule has 3 aliphatic rings. The Morgan fingerprint density at radius 3 is 2.44 bits per heavy atom. The van der Waals surface area contributed by atoms with Crippen LogP contribution in [-0.4, -0.2) is 52.7 Å². The maximum absolute atomic E-state index is 13.0. The molecule has 2 atom stereocenters. The molecule has 2 aromatic carbocycles. The predicted octanol–water partition coefficient (Wildman–Crippen LogP) is 1.39. The second-order valence-electron chi connectivity index (χ2n) is 9.10. The lowest BCUT2D eigenvalue weighted by molar-refractivity contribution is -0.122. The van der Waals surface area contributed by atoms with Crippen molar-refractivity contribution in [3.63, 3.8) is 0 Å². The largest absolute Gasteiger partial charge is 0.497 e. The van der Waals surface area contributed by atoms with Gasteiger partial charge in [0, 0.05) is 22.5 Å². The average molecular weight is 503 g/mol. The Labute approximate surface area is 212 Å². The predicted molar refractivity (Wildman–Crippen MR) is 133 cm³/mol. The van der Waals surface area contributed by atoms with Crippen molar-refractivity contribution in [3.8, 4) is 17.6 Å². The first-order chi connectivity index (χ1) is 17.1. The molecule has 3 aliphatic heterocycles. The minimum absolute atomic E-state index is 0.117. The van der Waals surface area contributed by atoms with E-state index in [-0.39, 0.29) is 31.3 Å². The first kappa shape index (κ1) is 23.5. The number of rotatable bonds is 4. The van der Waals surface area contributed by atoms with Crippen LogP contribution in [0.5, 0.6) is 5.75 Å². The van der Waals surface area contributed by atoms with E-state index in [9.17, 15) is 19.2 Å². The molecule has 5 rings (SSSR count). The highest BCUT2D eigenvalue weighted by Crippen LogP contribution is 2.30. The standard InChI is InChI=1S/C26H22N4O5S/c1-25(20(36)12-21(31)28-25)17-6-3-15(4-7-17)9-10-26(23(33)27-24(34)29-26)14-30-13-16-5-8-18(35-2)11-19(16)22(30)32/h3-8,11H,12-14H2,1-2H3,(H,28,31)(H2,27,29,33,34)/t25?,26-/m1/s1. The van der Waals surface area contributed by atoms with Gasteiger partial charge in [-0.05, 0) is 42.3 Å². The number of carbonyl (C=O) groups excluding carboxylic acids is 4. The van der Waals surface area contributed by atoms with E-state index >= 15 is 0 Å². The number of benzene rings is 2. The average Bonchev–Trinajstić information content (AvgIpc) is 3.42. The van der Waals surface area contributed by atoms with Crippen LogP contribution in [0, 0.1) is 11.8 Å². The highest BCUT2D eigenvalue weighted by atomic mass is 32.1.